The molecule has 2 atom stereocenters. The molecule has 0 amide bonds. The molecule has 2 unspecified atom stereocenters. The maximum atomic E-state index is 4.21. The molecule has 0 N–H and O–H groups in total. The van der Waals surface area contributed by atoms with Gasteiger partial charge in [-0.1, -0.05) is 18.6 Å². The molecule has 0 aromatic carbocycles. The van der Waals surface area contributed by atoms with E-state index < -0.39 is 0 Å². The molecule has 2 fully saturated rings. The maximum absolute atomic E-state index is 4.21. The highest BCUT2D eigenvalue weighted by Crippen LogP contribution is 2.37. The Morgan fingerprint density at radius 1 is 1.27 bits per heavy atom. The first-order chi connectivity index (χ1) is 5.27. The average Bonchev–Trinajstić information content (AvgIpc) is 1.92. The van der Waals surface area contributed by atoms with Crippen LogP contribution in [0.3, 0.4) is 0 Å². The van der Waals surface area contributed by atoms with Crippen LogP contribution in [0.25, 0.3) is 0 Å². The van der Waals surface area contributed by atoms with Crippen LogP contribution >= 0.6 is 0 Å². The predicted octanol–water partition coefficient (Wildman–Crippen LogP) is 1.90. The highest BCUT2D eigenvalue weighted by Gasteiger charge is 2.31. The first-order valence-corrected chi connectivity index (χ1v) is 4.64. The lowest BCUT2D eigenvalue weighted by Gasteiger charge is -2.41. The Labute approximate surface area is 69.1 Å². The normalized spacial score (nSPS) is 39.2. The van der Waals surface area contributed by atoms with Crippen LogP contribution in [0.5, 0.6) is 0 Å². The van der Waals surface area contributed by atoms with E-state index in [-0.39, 0.29) is 0 Å². The van der Waals surface area contributed by atoms with Crippen molar-refractivity contribution in [2.75, 3.05) is 20.1 Å². The van der Waals surface area contributed by atoms with E-state index in [0.29, 0.717) is 0 Å². The molecule has 2 rings (SSSR count). The summed E-state index contributed by atoms with van der Waals surface area (Å²) in [6.45, 7) is 6.72. The summed E-state index contributed by atoms with van der Waals surface area (Å²) < 4.78 is 0. The van der Waals surface area contributed by atoms with Gasteiger partial charge in [0.15, 0.2) is 0 Å². The van der Waals surface area contributed by atoms with E-state index in [1.54, 1.807) is 5.57 Å². The number of rotatable bonds is 0. The molecule has 1 aliphatic heterocycles. The topological polar surface area (TPSA) is 3.24 Å². The lowest BCUT2D eigenvalue weighted by atomic mass is 9.74. The van der Waals surface area contributed by atoms with Crippen molar-refractivity contribution in [1.82, 2.24) is 4.90 Å². The van der Waals surface area contributed by atoms with E-state index in [2.05, 4.69) is 18.5 Å². The summed E-state index contributed by atoms with van der Waals surface area (Å²) >= 11 is 0. The standard InChI is InChI=1S/C10H17N/c1-8-9-4-3-5-10(8)7-11(2)6-9/h9-10H,1,3-7H2,2H3. The Hall–Kier alpha value is -0.300. The third kappa shape index (κ3) is 1.22. The van der Waals surface area contributed by atoms with Gasteiger partial charge in [0.1, 0.15) is 0 Å². The Morgan fingerprint density at radius 2 is 1.82 bits per heavy atom. The van der Waals surface area contributed by atoms with E-state index in [1.807, 2.05) is 0 Å². The molecule has 2 bridgehead atoms. The van der Waals surface area contributed by atoms with E-state index in [9.17, 15) is 0 Å². The highest BCUT2D eigenvalue weighted by molar-refractivity contribution is 5.12. The van der Waals surface area contributed by atoms with E-state index in [0.717, 1.165) is 11.8 Å². The number of likely N-dealkylation sites (tertiary alicyclic amines) is 1. The van der Waals surface area contributed by atoms with Crippen LogP contribution in [-0.2, 0) is 0 Å². The fraction of sp³-hybridized carbons (Fsp3) is 0.800. The number of hydrogen-bond acceptors (Lipinski definition) is 1. The van der Waals surface area contributed by atoms with Gasteiger partial charge < -0.3 is 4.90 Å². The van der Waals surface area contributed by atoms with Crippen LogP contribution in [0.1, 0.15) is 19.3 Å². The molecule has 1 aliphatic carbocycles. The van der Waals surface area contributed by atoms with Crippen LogP contribution in [0.15, 0.2) is 12.2 Å². The van der Waals surface area contributed by atoms with Gasteiger partial charge in [-0.3, -0.25) is 0 Å². The second-order valence-electron chi connectivity index (χ2n) is 4.12. The van der Waals surface area contributed by atoms with Gasteiger partial charge in [-0.15, -0.1) is 0 Å². The summed E-state index contributed by atoms with van der Waals surface area (Å²) in [6, 6.07) is 0. The molecule has 1 nitrogen and oxygen atoms in total. The van der Waals surface area contributed by atoms with Gasteiger partial charge in [0.25, 0.3) is 0 Å². The van der Waals surface area contributed by atoms with E-state index in [4.69, 9.17) is 0 Å². The molecule has 62 valence electrons. The Balaban J connectivity index is 2.13. The van der Waals surface area contributed by atoms with Crippen molar-refractivity contribution < 1.29 is 0 Å². The van der Waals surface area contributed by atoms with Gasteiger partial charge in [0.2, 0.25) is 0 Å². The van der Waals surface area contributed by atoms with Gasteiger partial charge >= 0.3 is 0 Å². The molecule has 0 spiro atoms. The Kier molecular flexibility index (Phi) is 1.76. The largest absolute Gasteiger partial charge is 0.305 e. The molecule has 0 aromatic rings. The first-order valence-electron chi connectivity index (χ1n) is 4.64. The van der Waals surface area contributed by atoms with Crippen LogP contribution < -0.4 is 0 Å². The van der Waals surface area contributed by atoms with Crippen LogP contribution in [0.4, 0.5) is 0 Å². The van der Waals surface area contributed by atoms with Crippen molar-refractivity contribution >= 4 is 0 Å². The van der Waals surface area contributed by atoms with Gasteiger partial charge in [-0.05, 0) is 31.7 Å². The summed E-state index contributed by atoms with van der Waals surface area (Å²) in [5, 5.41) is 0. The average molecular weight is 151 g/mol. The highest BCUT2D eigenvalue weighted by atomic mass is 15.1. The van der Waals surface area contributed by atoms with Crippen molar-refractivity contribution in [2.45, 2.75) is 19.3 Å². The fourth-order valence-electron chi connectivity index (χ4n) is 2.56. The molecule has 2 aliphatic rings. The first kappa shape index (κ1) is 7.35. The molecule has 0 radical (unpaired) electrons. The number of fused-ring (bicyclic) bond motifs is 2. The summed E-state index contributed by atoms with van der Waals surface area (Å²) in [5.41, 5.74) is 1.55. The van der Waals surface area contributed by atoms with Crippen LogP contribution in [0, 0.1) is 11.8 Å². The maximum Gasteiger partial charge on any atom is 0.00442 e. The number of hydrogen-bond donors (Lipinski definition) is 0. The molecule has 1 heteroatoms. The predicted molar refractivity (Wildman–Crippen MR) is 47.5 cm³/mol. The zero-order chi connectivity index (χ0) is 7.84. The summed E-state index contributed by atoms with van der Waals surface area (Å²) in [6.07, 6.45) is 4.21. The summed E-state index contributed by atoms with van der Waals surface area (Å²) in [7, 11) is 2.23. The quantitative estimate of drug-likeness (QED) is 0.478. The van der Waals surface area contributed by atoms with Crippen molar-refractivity contribution in [3.05, 3.63) is 12.2 Å². The smallest absolute Gasteiger partial charge is 0.00442 e. The van der Waals surface area contributed by atoms with Crippen molar-refractivity contribution in [3.8, 4) is 0 Å². The van der Waals surface area contributed by atoms with E-state index >= 15 is 0 Å². The molecular weight excluding hydrogens is 134 g/mol. The van der Waals surface area contributed by atoms with Crippen LogP contribution in [0.2, 0.25) is 0 Å². The molecule has 0 aromatic heterocycles. The minimum Gasteiger partial charge on any atom is -0.305 e. The summed E-state index contributed by atoms with van der Waals surface area (Å²) in [4.78, 5) is 2.46. The number of nitrogens with zero attached hydrogens (tertiary/aromatic N) is 1. The second-order valence-corrected chi connectivity index (χ2v) is 4.12. The van der Waals surface area contributed by atoms with Crippen molar-refractivity contribution in [3.63, 3.8) is 0 Å². The Bertz CT molecular complexity index is 158. The molecular formula is C10H17N. The molecule has 1 heterocycles. The van der Waals surface area contributed by atoms with Gasteiger partial charge in [0.05, 0.1) is 0 Å². The Morgan fingerprint density at radius 3 is 2.36 bits per heavy atom. The number of piperidine rings is 1. The lowest BCUT2D eigenvalue weighted by Crippen LogP contribution is -2.41. The van der Waals surface area contributed by atoms with Gasteiger partial charge in [-0.2, -0.15) is 0 Å². The second kappa shape index (κ2) is 2.63. The van der Waals surface area contributed by atoms with Crippen molar-refractivity contribution in [1.29, 1.82) is 0 Å². The molecule has 1 saturated carbocycles. The minimum absolute atomic E-state index is 0.826. The molecule has 11 heavy (non-hydrogen) atoms. The van der Waals surface area contributed by atoms with Gasteiger partial charge in [0, 0.05) is 13.1 Å². The fourth-order valence-corrected chi connectivity index (χ4v) is 2.56. The lowest BCUT2D eigenvalue weighted by molar-refractivity contribution is 0.167. The van der Waals surface area contributed by atoms with E-state index in [1.165, 1.54) is 32.4 Å². The minimum atomic E-state index is 0.826. The monoisotopic (exact) mass is 151 g/mol. The third-order valence-electron chi connectivity index (χ3n) is 3.22. The molecule has 1 saturated heterocycles. The van der Waals surface area contributed by atoms with Crippen LogP contribution in [-0.4, -0.2) is 25.0 Å². The van der Waals surface area contributed by atoms with Gasteiger partial charge in [-0.25, -0.2) is 0 Å². The zero-order valence-corrected chi connectivity index (χ0v) is 7.34. The van der Waals surface area contributed by atoms with Crippen molar-refractivity contribution in [2.24, 2.45) is 11.8 Å². The SMILES string of the molecule is C=C1C2CCCC1CN(C)C2. The summed E-state index contributed by atoms with van der Waals surface area (Å²) in [5.74, 6) is 1.65. The third-order valence-corrected chi connectivity index (χ3v) is 3.22. The zero-order valence-electron chi connectivity index (χ0n) is 7.34.